The van der Waals surface area contributed by atoms with Crippen molar-refractivity contribution in [2.75, 3.05) is 13.2 Å². The number of nitrogens with zero attached hydrogens (tertiary/aromatic N) is 2. The van der Waals surface area contributed by atoms with Crippen LogP contribution in [-0.2, 0) is 27.8 Å². The third-order valence-corrected chi connectivity index (χ3v) is 8.86. The van der Waals surface area contributed by atoms with Gasteiger partial charge in [0.05, 0.1) is 13.0 Å². The van der Waals surface area contributed by atoms with Crippen molar-refractivity contribution in [2.45, 2.75) is 97.4 Å². The molecule has 0 aliphatic heterocycles. The highest BCUT2D eigenvalue weighted by Gasteiger charge is 2.23. The summed E-state index contributed by atoms with van der Waals surface area (Å²) in [6, 6.07) is 20.2. The molecule has 51 heavy (non-hydrogen) atoms. The monoisotopic (exact) mass is 692 g/mol. The lowest BCUT2D eigenvalue weighted by Crippen LogP contribution is -2.48. The quantitative estimate of drug-likeness (QED) is 0.0903. The highest BCUT2D eigenvalue weighted by Crippen LogP contribution is 2.28. The van der Waals surface area contributed by atoms with Gasteiger partial charge in [-0.3, -0.25) is 14.4 Å². The second kappa shape index (κ2) is 18.8. The molecule has 1 unspecified atom stereocenters. The first-order chi connectivity index (χ1) is 24.5. The topological polar surface area (TPSA) is 131 Å². The highest BCUT2D eigenvalue weighted by atomic mass is 16.5. The number of benzene rings is 3. The van der Waals surface area contributed by atoms with Crippen molar-refractivity contribution < 1.29 is 24.2 Å². The molecule has 9 nitrogen and oxygen atoms in total. The van der Waals surface area contributed by atoms with E-state index < -0.39 is 17.9 Å². The van der Waals surface area contributed by atoms with Crippen LogP contribution in [0.4, 0.5) is 0 Å². The number of carboxylic acid groups (broad SMARTS) is 1. The maximum Gasteiger partial charge on any atom is 0.305 e. The molecule has 4 aromatic rings. The van der Waals surface area contributed by atoms with Gasteiger partial charge in [0.2, 0.25) is 5.91 Å². The normalized spacial score (nSPS) is 11.9. The highest BCUT2D eigenvalue weighted by molar-refractivity contribution is 5.97. The number of carbonyl (C=O) groups is 3. The number of nitrogens with one attached hydrogen (secondary N) is 2. The van der Waals surface area contributed by atoms with Crippen LogP contribution in [0.25, 0.3) is 22.5 Å². The number of amides is 2. The number of aryl methyl sites for hydroxylation is 1. The van der Waals surface area contributed by atoms with Crippen molar-refractivity contribution in [1.29, 1.82) is 0 Å². The summed E-state index contributed by atoms with van der Waals surface area (Å²) in [5, 5.41) is 14.5. The van der Waals surface area contributed by atoms with Gasteiger partial charge in [-0.1, -0.05) is 103 Å². The average Bonchev–Trinajstić information content (AvgIpc) is 3.12. The van der Waals surface area contributed by atoms with Crippen LogP contribution in [0, 0.1) is 0 Å². The Morgan fingerprint density at radius 3 is 2.12 bits per heavy atom. The van der Waals surface area contributed by atoms with Gasteiger partial charge in [-0.15, -0.1) is 0 Å². The van der Waals surface area contributed by atoms with Gasteiger partial charge < -0.3 is 20.5 Å². The molecule has 4 rings (SSSR count). The largest absolute Gasteiger partial charge is 0.493 e. The lowest BCUT2D eigenvalue weighted by atomic mass is 9.86. The summed E-state index contributed by atoms with van der Waals surface area (Å²) >= 11 is 0. The van der Waals surface area contributed by atoms with Gasteiger partial charge in [0.25, 0.3) is 5.91 Å². The number of carbonyl (C=O) groups excluding carboxylic acids is 2. The number of ether oxygens (including phenoxy) is 1. The Morgan fingerprint density at radius 2 is 1.49 bits per heavy atom. The predicted octanol–water partition coefficient (Wildman–Crippen LogP) is 7.95. The molecule has 2 amide bonds. The predicted molar refractivity (Wildman–Crippen MR) is 202 cm³/mol. The Labute approximate surface area is 302 Å². The molecular weight excluding hydrogens is 640 g/mol. The molecule has 0 saturated carbocycles. The van der Waals surface area contributed by atoms with Crippen molar-refractivity contribution in [3.63, 3.8) is 0 Å². The van der Waals surface area contributed by atoms with Crippen LogP contribution in [0.5, 0.6) is 5.75 Å². The summed E-state index contributed by atoms with van der Waals surface area (Å²) in [5.41, 5.74) is 6.19. The zero-order chi connectivity index (χ0) is 36.8. The first kappa shape index (κ1) is 38.7. The van der Waals surface area contributed by atoms with Crippen molar-refractivity contribution in [3.8, 4) is 28.3 Å². The van der Waals surface area contributed by atoms with Crippen LogP contribution in [0.2, 0.25) is 0 Å². The Hall–Kier alpha value is -5.05. The van der Waals surface area contributed by atoms with Gasteiger partial charge in [-0.2, -0.15) is 0 Å². The molecule has 0 spiro atoms. The van der Waals surface area contributed by atoms with Gasteiger partial charge in [0.15, 0.2) is 5.82 Å². The summed E-state index contributed by atoms with van der Waals surface area (Å²) in [4.78, 5) is 46.6. The van der Waals surface area contributed by atoms with Crippen LogP contribution in [-0.4, -0.2) is 52.1 Å². The fourth-order valence-corrected chi connectivity index (χ4v) is 5.70. The second-order valence-electron chi connectivity index (χ2n) is 13.9. The zero-order valence-electron chi connectivity index (χ0n) is 30.6. The van der Waals surface area contributed by atoms with Crippen molar-refractivity contribution in [3.05, 3.63) is 101 Å². The van der Waals surface area contributed by atoms with Crippen LogP contribution in [0.3, 0.4) is 0 Å². The van der Waals surface area contributed by atoms with E-state index in [1.165, 1.54) is 25.7 Å². The molecule has 3 N–H and O–H groups in total. The lowest BCUT2D eigenvalue weighted by molar-refractivity contribution is -0.137. The zero-order valence-corrected chi connectivity index (χ0v) is 30.6. The lowest BCUT2D eigenvalue weighted by Gasteiger charge is -2.20. The first-order valence-electron chi connectivity index (χ1n) is 18.1. The van der Waals surface area contributed by atoms with Crippen molar-refractivity contribution in [2.24, 2.45) is 0 Å². The summed E-state index contributed by atoms with van der Waals surface area (Å²) in [5.74, 6) is -0.350. The molecule has 3 aromatic carbocycles. The van der Waals surface area contributed by atoms with Crippen LogP contribution < -0.4 is 15.4 Å². The molecule has 0 saturated heterocycles. The SMILES string of the molecule is CCCCCCCOc1ccc(-c2cnc(-c3ccc(CC(NC(=O)c4ccc(C(C)(C)C)cc4)C(=O)NCCC(=O)O)cc3)nc2)cc1CC. The van der Waals surface area contributed by atoms with E-state index in [4.69, 9.17) is 9.84 Å². The Bertz CT molecular complexity index is 1730. The molecule has 0 aliphatic rings. The molecule has 1 aromatic heterocycles. The Kier molecular flexibility index (Phi) is 14.3. The van der Waals surface area contributed by atoms with Gasteiger partial charge in [0.1, 0.15) is 11.8 Å². The molecule has 1 atom stereocenters. The molecule has 1 heterocycles. The minimum absolute atomic E-state index is 0.0377. The van der Waals surface area contributed by atoms with E-state index in [-0.39, 0.29) is 30.7 Å². The number of aliphatic carboxylic acids is 1. The Morgan fingerprint density at radius 1 is 0.824 bits per heavy atom. The van der Waals surface area contributed by atoms with E-state index in [9.17, 15) is 14.4 Å². The number of unbranched alkanes of at least 4 members (excludes halogenated alkanes) is 4. The number of hydrogen-bond acceptors (Lipinski definition) is 6. The average molecular weight is 693 g/mol. The Balaban J connectivity index is 1.42. The molecule has 9 heteroatoms. The van der Waals surface area contributed by atoms with Crippen LogP contribution in [0.1, 0.15) is 100 Å². The third-order valence-electron chi connectivity index (χ3n) is 8.86. The van der Waals surface area contributed by atoms with Gasteiger partial charge in [0, 0.05) is 42.0 Å². The fraction of sp³-hybridized carbons (Fsp3) is 0.405. The van der Waals surface area contributed by atoms with Crippen LogP contribution in [0.15, 0.2) is 79.1 Å². The van der Waals surface area contributed by atoms with Gasteiger partial charge in [-0.25, -0.2) is 9.97 Å². The smallest absolute Gasteiger partial charge is 0.305 e. The molecule has 0 fully saturated rings. The number of rotatable bonds is 18. The second-order valence-corrected chi connectivity index (χ2v) is 13.9. The summed E-state index contributed by atoms with van der Waals surface area (Å²) in [6.45, 7) is 11.3. The van der Waals surface area contributed by atoms with E-state index >= 15 is 0 Å². The number of aromatic nitrogens is 2. The van der Waals surface area contributed by atoms with E-state index in [0.717, 1.165) is 58.6 Å². The van der Waals surface area contributed by atoms with Gasteiger partial charge >= 0.3 is 5.97 Å². The van der Waals surface area contributed by atoms with Crippen molar-refractivity contribution >= 4 is 17.8 Å². The summed E-state index contributed by atoms with van der Waals surface area (Å²) < 4.78 is 6.11. The summed E-state index contributed by atoms with van der Waals surface area (Å²) in [6.07, 6.45) is 10.5. The maximum atomic E-state index is 13.2. The third kappa shape index (κ3) is 11.8. The fourth-order valence-electron chi connectivity index (χ4n) is 5.70. The molecule has 0 aliphatic carbocycles. The molecular formula is C42H52N4O5. The van der Waals surface area contributed by atoms with Crippen molar-refractivity contribution in [1.82, 2.24) is 20.6 Å². The number of carboxylic acids is 1. The standard InChI is InChI=1S/C42H52N4O5/c1-6-8-9-10-11-24-51-37-21-18-33(26-30(37)7-2)34-27-44-39(45-28-34)31-14-12-29(13-15-31)25-36(41(50)43-23-22-38(47)48)46-40(49)32-16-19-35(20-17-32)42(3,4)5/h12-21,26-28,36H,6-11,22-25H2,1-5H3,(H,43,50)(H,46,49)(H,47,48). The minimum Gasteiger partial charge on any atom is -0.493 e. The molecule has 0 radical (unpaired) electrons. The van der Waals surface area contributed by atoms with Crippen LogP contribution >= 0.6 is 0 Å². The van der Waals surface area contributed by atoms with E-state index in [2.05, 4.69) is 61.3 Å². The minimum atomic E-state index is -1.02. The van der Waals surface area contributed by atoms with Gasteiger partial charge in [-0.05, 0) is 64.8 Å². The molecule has 270 valence electrons. The van der Waals surface area contributed by atoms with E-state index in [1.54, 1.807) is 12.1 Å². The van der Waals surface area contributed by atoms with E-state index in [0.29, 0.717) is 11.4 Å². The summed E-state index contributed by atoms with van der Waals surface area (Å²) in [7, 11) is 0. The first-order valence-corrected chi connectivity index (χ1v) is 18.1. The molecule has 0 bridgehead atoms. The van der Waals surface area contributed by atoms with E-state index in [1.807, 2.05) is 60.9 Å². The maximum absolute atomic E-state index is 13.2. The number of hydrogen-bond donors (Lipinski definition) is 3.